The Morgan fingerprint density at radius 1 is 1.25 bits per heavy atom. The number of aliphatic hydroxyl groups excluding tert-OH is 1. The molecule has 1 atom stereocenters. The van der Waals surface area contributed by atoms with Gasteiger partial charge in [0.05, 0.1) is 11.7 Å². The van der Waals surface area contributed by atoms with Crippen LogP contribution in [0.15, 0.2) is 34.9 Å². The summed E-state index contributed by atoms with van der Waals surface area (Å²) in [7, 11) is 0. The van der Waals surface area contributed by atoms with Crippen molar-refractivity contribution in [3.8, 4) is 0 Å². The second-order valence-electron chi connectivity index (χ2n) is 7.30. The second-order valence-corrected chi connectivity index (χ2v) is 7.30. The number of esters is 1. The van der Waals surface area contributed by atoms with Crippen LogP contribution in [0.25, 0.3) is 0 Å². The largest absolute Gasteiger partial charge is 0.458 e. The number of hydrogen-bond acceptors (Lipinski definition) is 4. The van der Waals surface area contributed by atoms with E-state index in [2.05, 4.69) is 26.0 Å². The fourth-order valence-corrected chi connectivity index (χ4v) is 2.53. The molecule has 4 nitrogen and oxygen atoms in total. The van der Waals surface area contributed by atoms with Crippen molar-refractivity contribution in [2.24, 2.45) is 0 Å². The lowest BCUT2D eigenvalue weighted by Gasteiger charge is -2.24. The van der Waals surface area contributed by atoms with E-state index in [1.807, 2.05) is 0 Å². The van der Waals surface area contributed by atoms with Gasteiger partial charge in [-0.05, 0) is 71.8 Å². The summed E-state index contributed by atoms with van der Waals surface area (Å²) in [6.07, 6.45) is 10.5. The highest BCUT2D eigenvalue weighted by molar-refractivity contribution is 5.85. The zero-order valence-corrected chi connectivity index (χ0v) is 15.5. The molecule has 0 aromatic carbocycles. The summed E-state index contributed by atoms with van der Waals surface area (Å²) in [5.41, 5.74) is 2.63. The first-order valence-corrected chi connectivity index (χ1v) is 8.76. The molecule has 24 heavy (non-hydrogen) atoms. The van der Waals surface area contributed by atoms with Crippen molar-refractivity contribution in [1.29, 1.82) is 0 Å². The molecule has 1 heterocycles. The average molecular weight is 336 g/mol. The fourth-order valence-electron chi connectivity index (χ4n) is 2.53. The molecule has 0 fully saturated rings. The van der Waals surface area contributed by atoms with E-state index in [1.165, 1.54) is 11.1 Å². The Morgan fingerprint density at radius 3 is 2.46 bits per heavy atom. The van der Waals surface area contributed by atoms with Crippen LogP contribution in [0, 0.1) is 0 Å². The van der Waals surface area contributed by atoms with Crippen molar-refractivity contribution in [1.82, 2.24) is 0 Å². The summed E-state index contributed by atoms with van der Waals surface area (Å²) in [6, 6.07) is 0. The smallest absolute Gasteiger partial charge is 0.331 e. The molecule has 0 aromatic heterocycles. The molecule has 0 amide bonds. The Kier molecular flexibility index (Phi) is 8.43. The topological polar surface area (TPSA) is 66.8 Å². The average Bonchev–Trinajstić information content (AvgIpc) is 2.89. The van der Waals surface area contributed by atoms with Gasteiger partial charge in [-0.25, -0.2) is 4.79 Å². The maximum Gasteiger partial charge on any atom is 0.331 e. The van der Waals surface area contributed by atoms with Crippen LogP contribution in [0.1, 0.15) is 66.2 Å². The van der Waals surface area contributed by atoms with E-state index in [0.29, 0.717) is 13.0 Å². The second kappa shape index (κ2) is 9.80. The SMILES string of the molecule is CC(=CCCC1=CC(=O)OC1)CCC=C(C)CCC(O)C(C)(C)O. The Balaban J connectivity index is 2.23. The molecule has 0 saturated carbocycles. The predicted octanol–water partition coefficient (Wildman–Crippen LogP) is 3.83. The first-order chi connectivity index (χ1) is 11.2. The van der Waals surface area contributed by atoms with Crippen LogP contribution >= 0.6 is 0 Å². The number of cyclic esters (lactones) is 1. The number of carbonyl (C=O) groups is 1. The Labute approximate surface area is 145 Å². The maximum absolute atomic E-state index is 11.0. The van der Waals surface area contributed by atoms with Gasteiger partial charge in [0.25, 0.3) is 0 Å². The number of carbonyl (C=O) groups excluding carboxylic acids is 1. The third kappa shape index (κ3) is 8.46. The standard InChI is InChI=1S/C20H32O4/c1-15(9-6-10-17-13-19(22)24-14-17)7-5-8-16(2)11-12-18(21)20(3,4)23/h8-9,13,18,21,23H,5-7,10-12,14H2,1-4H3. The van der Waals surface area contributed by atoms with Gasteiger partial charge in [-0.1, -0.05) is 23.3 Å². The first-order valence-electron chi connectivity index (χ1n) is 8.76. The van der Waals surface area contributed by atoms with Gasteiger partial charge in [0.2, 0.25) is 0 Å². The zero-order valence-electron chi connectivity index (χ0n) is 15.5. The fraction of sp³-hybridized carbons (Fsp3) is 0.650. The molecule has 4 heteroatoms. The molecule has 2 N–H and O–H groups in total. The quantitative estimate of drug-likeness (QED) is 0.470. The van der Waals surface area contributed by atoms with E-state index >= 15 is 0 Å². The normalized spacial score (nSPS) is 17.8. The molecule has 0 saturated heterocycles. The Hall–Kier alpha value is -1.39. The monoisotopic (exact) mass is 336 g/mol. The van der Waals surface area contributed by atoms with Gasteiger partial charge >= 0.3 is 5.97 Å². The summed E-state index contributed by atoms with van der Waals surface area (Å²) in [6.45, 7) is 7.92. The van der Waals surface area contributed by atoms with Crippen LogP contribution in [-0.2, 0) is 9.53 Å². The van der Waals surface area contributed by atoms with E-state index < -0.39 is 11.7 Å². The summed E-state index contributed by atoms with van der Waals surface area (Å²) in [4.78, 5) is 11.0. The highest BCUT2D eigenvalue weighted by Crippen LogP contribution is 2.18. The van der Waals surface area contributed by atoms with Crippen LogP contribution in [0.4, 0.5) is 0 Å². The lowest BCUT2D eigenvalue weighted by molar-refractivity contribution is -0.134. The summed E-state index contributed by atoms with van der Waals surface area (Å²) < 4.78 is 4.88. The van der Waals surface area contributed by atoms with Crippen molar-refractivity contribution >= 4 is 5.97 Å². The number of aliphatic hydroxyl groups is 2. The van der Waals surface area contributed by atoms with Gasteiger partial charge in [0.15, 0.2) is 0 Å². The molecule has 0 aromatic rings. The summed E-state index contributed by atoms with van der Waals surface area (Å²) in [5, 5.41) is 19.5. The van der Waals surface area contributed by atoms with Crippen LogP contribution < -0.4 is 0 Å². The number of ether oxygens (including phenoxy) is 1. The van der Waals surface area contributed by atoms with Crippen molar-refractivity contribution in [2.45, 2.75) is 77.9 Å². The van der Waals surface area contributed by atoms with Crippen LogP contribution in [0.3, 0.4) is 0 Å². The van der Waals surface area contributed by atoms with Gasteiger partial charge in [0, 0.05) is 6.08 Å². The van der Waals surface area contributed by atoms with Crippen molar-refractivity contribution in [3.05, 3.63) is 34.9 Å². The third-order valence-corrected chi connectivity index (χ3v) is 4.34. The molecule has 1 unspecified atom stereocenters. The Morgan fingerprint density at radius 2 is 1.88 bits per heavy atom. The minimum absolute atomic E-state index is 0.221. The van der Waals surface area contributed by atoms with Crippen LogP contribution in [0.2, 0.25) is 0 Å². The van der Waals surface area contributed by atoms with E-state index in [0.717, 1.165) is 37.7 Å². The van der Waals surface area contributed by atoms with Gasteiger partial charge in [-0.3, -0.25) is 0 Å². The zero-order chi connectivity index (χ0) is 18.2. The van der Waals surface area contributed by atoms with Crippen molar-refractivity contribution in [2.75, 3.05) is 6.61 Å². The number of allylic oxidation sites excluding steroid dienone is 4. The van der Waals surface area contributed by atoms with Crippen LogP contribution in [0.5, 0.6) is 0 Å². The number of hydrogen-bond donors (Lipinski definition) is 2. The lowest BCUT2D eigenvalue weighted by Crippen LogP contribution is -2.35. The lowest BCUT2D eigenvalue weighted by atomic mass is 9.95. The van der Waals surface area contributed by atoms with Gasteiger partial charge in [-0.15, -0.1) is 0 Å². The van der Waals surface area contributed by atoms with E-state index in [-0.39, 0.29) is 5.97 Å². The molecule has 0 spiro atoms. The molecule has 0 aliphatic carbocycles. The van der Waals surface area contributed by atoms with Crippen molar-refractivity contribution < 1.29 is 19.7 Å². The van der Waals surface area contributed by atoms with Gasteiger partial charge in [0.1, 0.15) is 6.61 Å². The molecule has 0 bridgehead atoms. The summed E-state index contributed by atoms with van der Waals surface area (Å²) >= 11 is 0. The first kappa shape index (κ1) is 20.7. The molecule has 1 aliphatic rings. The van der Waals surface area contributed by atoms with Crippen LogP contribution in [-0.4, -0.2) is 34.5 Å². The highest BCUT2D eigenvalue weighted by Gasteiger charge is 2.23. The molecule has 136 valence electrons. The molecule has 1 aliphatic heterocycles. The van der Waals surface area contributed by atoms with Crippen molar-refractivity contribution in [3.63, 3.8) is 0 Å². The molecule has 0 radical (unpaired) electrons. The molecular formula is C20H32O4. The molecular weight excluding hydrogens is 304 g/mol. The highest BCUT2D eigenvalue weighted by atomic mass is 16.5. The van der Waals surface area contributed by atoms with E-state index in [4.69, 9.17) is 4.74 Å². The molecule has 1 rings (SSSR count). The van der Waals surface area contributed by atoms with E-state index in [1.54, 1.807) is 19.9 Å². The summed E-state index contributed by atoms with van der Waals surface area (Å²) in [5.74, 6) is -0.221. The van der Waals surface area contributed by atoms with Gasteiger partial charge < -0.3 is 14.9 Å². The number of rotatable bonds is 10. The third-order valence-electron chi connectivity index (χ3n) is 4.34. The predicted molar refractivity (Wildman–Crippen MR) is 96.6 cm³/mol. The van der Waals surface area contributed by atoms with Gasteiger partial charge in [-0.2, -0.15) is 0 Å². The Bertz CT molecular complexity index is 506. The minimum Gasteiger partial charge on any atom is -0.458 e. The maximum atomic E-state index is 11.0. The minimum atomic E-state index is -1.04. The van der Waals surface area contributed by atoms with E-state index in [9.17, 15) is 15.0 Å².